The Morgan fingerprint density at radius 1 is 1.62 bits per heavy atom. The van der Waals surface area contributed by atoms with Crippen LogP contribution in [0.5, 0.6) is 0 Å². The Labute approximate surface area is 88.7 Å². The first-order valence-corrected chi connectivity index (χ1v) is 7.62. The fourth-order valence-corrected chi connectivity index (χ4v) is 3.07. The van der Waals surface area contributed by atoms with Gasteiger partial charge in [-0.15, -0.1) is 9.45 Å². The van der Waals surface area contributed by atoms with Gasteiger partial charge in [-0.2, -0.15) is 0 Å². The molecule has 0 aromatic heterocycles. The van der Waals surface area contributed by atoms with Crippen molar-refractivity contribution < 1.29 is 0 Å². The number of hydrogen-bond donors (Lipinski definition) is 1. The van der Waals surface area contributed by atoms with E-state index in [0.717, 1.165) is 18.3 Å². The monoisotopic (exact) mass is 220 g/mol. The van der Waals surface area contributed by atoms with Crippen LogP contribution in [0.3, 0.4) is 0 Å². The maximum atomic E-state index is 5.22. The predicted octanol–water partition coefficient (Wildman–Crippen LogP) is 0.585. The molecule has 1 fully saturated rings. The summed E-state index contributed by atoms with van der Waals surface area (Å²) in [6.45, 7) is 3.70. The van der Waals surface area contributed by atoms with Gasteiger partial charge >= 0.3 is 0 Å². The fraction of sp³-hybridized carbons (Fsp3) is 1.00. The van der Waals surface area contributed by atoms with Crippen molar-refractivity contribution in [3.63, 3.8) is 0 Å². The molecule has 0 aromatic rings. The van der Waals surface area contributed by atoms with Crippen molar-refractivity contribution in [2.24, 2.45) is 5.92 Å². The van der Waals surface area contributed by atoms with Crippen LogP contribution in [0.2, 0.25) is 0 Å². The minimum Gasteiger partial charge on any atom is -0.320 e. The summed E-state index contributed by atoms with van der Waals surface area (Å²) in [5, 5.41) is 3.21. The van der Waals surface area contributed by atoms with Crippen molar-refractivity contribution in [3.8, 4) is 0 Å². The maximum absolute atomic E-state index is 5.22. The van der Waals surface area contributed by atoms with Crippen LogP contribution in [0.15, 0.2) is 0 Å². The minimum atomic E-state index is 0.168. The minimum absolute atomic E-state index is 0.168. The van der Waals surface area contributed by atoms with Crippen LogP contribution in [0, 0.1) is 5.92 Å². The molecule has 1 rings (SSSR count). The summed E-state index contributed by atoms with van der Waals surface area (Å²) in [5.74, 6) is 2.04. The number of rotatable bonds is 5. The molecule has 0 radical (unpaired) electrons. The van der Waals surface area contributed by atoms with Gasteiger partial charge in [-0.05, 0) is 45.2 Å². The SMILES string of the molecule is CNCCC1CCN(CS(C)=S)C1. The largest absolute Gasteiger partial charge is 0.320 e. The van der Waals surface area contributed by atoms with Crippen LogP contribution in [-0.4, -0.2) is 43.7 Å². The highest BCUT2D eigenvalue weighted by Gasteiger charge is 2.21. The smallest absolute Gasteiger partial charge is 0.0487 e. The van der Waals surface area contributed by atoms with Crippen LogP contribution in [0.25, 0.3) is 0 Å². The number of nitrogens with one attached hydrogen (secondary N) is 1. The van der Waals surface area contributed by atoms with Gasteiger partial charge in [0.15, 0.2) is 0 Å². The third kappa shape index (κ3) is 4.49. The Hall–Kier alpha value is 0.490. The number of nitrogens with zero attached hydrogens (tertiary/aromatic N) is 1. The topological polar surface area (TPSA) is 15.3 Å². The third-order valence-corrected chi connectivity index (χ3v) is 3.58. The van der Waals surface area contributed by atoms with Crippen molar-refractivity contribution in [1.29, 1.82) is 0 Å². The van der Waals surface area contributed by atoms with Crippen molar-refractivity contribution in [2.45, 2.75) is 12.8 Å². The zero-order valence-electron chi connectivity index (χ0n) is 8.58. The van der Waals surface area contributed by atoms with E-state index in [4.69, 9.17) is 11.2 Å². The Balaban J connectivity index is 2.16. The highest BCUT2D eigenvalue weighted by atomic mass is 32.8. The highest BCUT2D eigenvalue weighted by molar-refractivity contribution is 8.28. The summed E-state index contributed by atoms with van der Waals surface area (Å²) in [7, 11) is 2.19. The van der Waals surface area contributed by atoms with Crippen LogP contribution < -0.4 is 5.32 Å². The highest BCUT2D eigenvalue weighted by Crippen LogP contribution is 2.18. The Morgan fingerprint density at radius 3 is 3.00 bits per heavy atom. The van der Waals surface area contributed by atoms with Gasteiger partial charge in [-0.1, -0.05) is 11.2 Å². The molecule has 2 unspecified atom stereocenters. The van der Waals surface area contributed by atoms with Gasteiger partial charge in [0.05, 0.1) is 0 Å². The second-order valence-electron chi connectivity index (χ2n) is 3.83. The van der Waals surface area contributed by atoms with Crippen LogP contribution >= 0.6 is 0 Å². The molecular weight excluding hydrogens is 200 g/mol. The van der Waals surface area contributed by atoms with Gasteiger partial charge in [0.1, 0.15) is 0 Å². The quantitative estimate of drug-likeness (QED) is 0.730. The molecule has 1 aliphatic rings. The van der Waals surface area contributed by atoms with Crippen LogP contribution in [0.4, 0.5) is 0 Å². The molecule has 0 aliphatic carbocycles. The molecule has 13 heavy (non-hydrogen) atoms. The molecule has 0 bridgehead atoms. The van der Waals surface area contributed by atoms with E-state index >= 15 is 0 Å². The second kappa shape index (κ2) is 6.06. The van der Waals surface area contributed by atoms with E-state index in [0.29, 0.717) is 0 Å². The first-order valence-electron chi connectivity index (χ1n) is 4.89. The summed E-state index contributed by atoms with van der Waals surface area (Å²) in [5.41, 5.74) is 0. The summed E-state index contributed by atoms with van der Waals surface area (Å²) in [4.78, 5) is 2.52. The van der Waals surface area contributed by atoms with Gasteiger partial charge in [0, 0.05) is 12.4 Å². The molecule has 78 valence electrons. The molecule has 1 aliphatic heterocycles. The van der Waals surface area contributed by atoms with Gasteiger partial charge in [-0.25, -0.2) is 0 Å². The molecule has 0 spiro atoms. The Kier molecular flexibility index (Phi) is 5.39. The van der Waals surface area contributed by atoms with Crippen molar-refractivity contribution in [2.75, 3.05) is 38.8 Å². The molecular formula is C9H20N2S2. The third-order valence-electron chi connectivity index (χ3n) is 2.54. The molecule has 4 heteroatoms. The zero-order chi connectivity index (χ0) is 9.68. The molecule has 1 heterocycles. The summed E-state index contributed by atoms with van der Waals surface area (Å²) in [6, 6.07) is 0. The lowest BCUT2D eigenvalue weighted by molar-refractivity contribution is 0.373. The first-order chi connectivity index (χ1) is 6.22. The second-order valence-corrected chi connectivity index (χ2v) is 6.94. The molecule has 2 nitrogen and oxygen atoms in total. The van der Waals surface area contributed by atoms with E-state index in [1.54, 1.807) is 0 Å². The van der Waals surface area contributed by atoms with E-state index in [1.165, 1.54) is 25.9 Å². The lowest BCUT2D eigenvalue weighted by Gasteiger charge is -2.15. The molecule has 0 aromatic carbocycles. The molecule has 0 amide bonds. The Morgan fingerprint density at radius 2 is 2.38 bits per heavy atom. The summed E-state index contributed by atoms with van der Waals surface area (Å²) < 4.78 is 0. The maximum Gasteiger partial charge on any atom is 0.0487 e. The molecule has 1 N–H and O–H groups in total. The average Bonchev–Trinajstić information content (AvgIpc) is 2.48. The summed E-state index contributed by atoms with van der Waals surface area (Å²) in [6.07, 6.45) is 4.84. The van der Waals surface area contributed by atoms with Gasteiger partial charge < -0.3 is 5.32 Å². The van der Waals surface area contributed by atoms with E-state index in [1.807, 2.05) is 7.05 Å². The van der Waals surface area contributed by atoms with Gasteiger partial charge in [0.25, 0.3) is 0 Å². The van der Waals surface area contributed by atoms with Crippen LogP contribution in [-0.2, 0) is 20.6 Å². The molecule has 2 atom stereocenters. The summed E-state index contributed by atoms with van der Waals surface area (Å²) >= 11 is 5.22. The van der Waals surface area contributed by atoms with E-state index in [2.05, 4.69) is 16.5 Å². The van der Waals surface area contributed by atoms with Gasteiger partial charge in [0.2, 0.25) is 0 Å². The van der Waals surface area contributed by atoms with Crippen molar-refractivity contribution in [3.05, 3.63) is 0 Å². The van der Waals surface area contributed by atoms with Gasteiger partial charge in [-0.3, -0.25) is 4.90 Å². The van der Waals surface area contributed by atoms with Crippen molar-refractivity contribution in [1.82, 2.24) is 10.2 Å². The lowest BCUT2D eigenvalue weighted by Crippen LogP contribution is -2.24. The normalized spacial score (nSPS) is 26.5. The molecule has 0 saturated carbocycles. The standard InChI is InChI=1S/C9H20N2S2/c1-10-5-3-9-4-6-11(7-9)8-13(2)12/h9-10H,3-8H2,1-2H3. The number of hydrogen-bond acceptors (Lipinski definition) is 3. The average molecular weight is 220 g/mol. The van der Waals surface area contributed by atoms with Crippen LogP contribution in [0.1, 0.15) is 12.8 Å². The predicted molar refractivity (Wildman–Crippen MR) is 63.7 cm³/mol. The fourth-order valence-electron chi connectivity index (χ4n) is 1.87. The van der Waals surface area contributed by atoms with Crippen molar-refractivity contribution >= 4 is 20.6 Å². The first kappa shape index (κ1) is 11.6. The van der Waals surface area contributed by atoms with E-state index < -0.39 is 0 Å². The Bertz CT molecular complexity index is 173. The lowest BCUT2D eigenvalue weighted by atomic mass is 10.1. The molecule has 1 saturated heterocycles. The van der Waals surface area contributed by atoms with E-state index in [-0.39, 0.29) is 9.45 Å². The zero-order valence-corrected chi connectivity index (χ0v) is 10.2. The number of likely N-dealkylation sites (tertiary alicyclic amines) is 1. The van der Waals surface area contributed by atoms with E-state index in [9.17, 15) is 0 Å².